The first-order valence-electron chi connectivity index (χ1n) is 5.52. The lowest BCUT2D eigenvalue weighted by atomic mass is 10.1. The lowest BCUT2D eigenvalue weighted by molar-refractivity contribution is 0.204. The zero-order valence-electron chi connectivity index (χ0n) is 9.73. The molecule has 0 radical (unpaired) electrons. The lowest BCUT2D eigenvalue weighted by Gasteiger charge is -2.13. The van der Waals surface area contributed by atoms with E-state index in [2.05, 4.69) is 32.9 Å². The molecule has 1 aromatic carbocycles. The minimum Gasteiger partial charge on any atom is -0.388 e. The van der Waals surface area contributed by atoms with E-state index in [0.717, 1.165) is 17.7 Å². The van der Waals surface area contributed by atoms with Crippen molar-refractivity contribution in [1.82, 2.24) is 0 Å². The molecule has 0 aliphatic carbocycles. The number of aliphatic hydroxyl groups is 1. The monoisotopic (exact) mass is 224 g/mol. The Balaban J connectivity index is 2.60. The third-order valence-electron chi connectivity index (χ3n) is 2.33. The summed E-state index contributed by atoms with van der Waals surface area (Å²) in [6.45, 7) is 6.44. The van der Waals surface area contributed by atoms with Crippen molar-refractivity contribution in [2.24, 2.45) is 0 Å². The maximum atomic E-state index is 9.97. The van der Waals surface area contributed by atoms with Crippen LogP contribution in [0.25, 0.3) is 0 Å². The van der Waals surface area contributed by atoms with E-state index in [-0.39, 0.29) is 6.10 Å². The van der Waals surface area contributed by atoms with Crippen LogP contribution in [-0.4, -0.2) is 16.1 Å². The van der Waals surface area contributed by atoms with Crippen molar-refractivity contribution in [2.75, 3.05) is 5.75 Å². The molecular formula is C13H20OS. The van der Waals surface area contributed by atoms with Gasteiger partial charge in [-0.1, -0.05) is 45.0 Å². The number of aliphatic hydroxyl groups excluding tert-OH is 1. The first-order chi connectivity index (χ1) is 7.13. The highest BCUT2D eigenvalue weighted by Gasteiger charge is 2.08. The fourth-order valence-electron chi connectivity index (χ4n) is 1.40. The van der Waals surface area contributed by atoms with E-state index >= 15 is 0 Å². The van der Waals surface area contributed by atoms with Crippen molar-refractivity contribution in [3.63, 3.8) is 0 Å². The molecule has 2 heteroatoms. The van der Waals surface area contributed by atoms with Gasteiger partial charge < -0.3 is 5.11 Å². The van der Waals surface area contributed by atoms with Crippen LogP contribution in [0.5, 0.6) is 0 Å². The van der Waals surface area contributed by atoms with Crippen molar-refractivity contribution in [2.45, 2.75) is 38.5 Å². The van der Waals surface area contributed by atoms with Gasteiger partial charge in [0.15, 0.2) is 0 Å². The molecule has 1 N–H and O–H groups in total. The summed E-state index contributed by atoms with van der Waals surface area (Å²) in [5.41, 5.74) is 2.34. The third-order valence-corrected chi connectivity index (χ3v) is 3.51. The van der Waals surface area contributed by atoms with Crippen LogP contribution in [0, 0.1) is 0 Å². The average Bonchev–Trinajstić information content (AvgIpc) is 2.26. The van der Waals surface area contributed by atoms with Crippen LogP contribution in [0.2, 0.25) is 0 Å². The zero-order chi connectivity index (χ0) is 11.3. The van der Waals surface area contributed by atoms with Gasteiger partial charge in [0.05, 0.1) is 6.10 Å². The first kappa shape index (κ1) is 12.6. The Morgan fingerprint density at radius 1 is 1.33 bits per heavy atom. The van der Waals surface area contributed by atoms with Crippen LogP contribution in [0.4, 0.5) is 0 Å². The second-order valence-corrected chi connectivity index (χ2v) is 5.61. The van der Waals surface area contributed by atoms with Gasteiger partial charge in [0, 0.05) is 5.75 Å². The summed E-state index contributed by atoms with van der Waals surface area (Å²) in [5, 5.41) is 10.5. The molecule has 1 rings (SSSR count). The summed E-state index contributed by atoms with van der Waals surface area (Å²) in [4.78, 5) is 0. The number of benzene rings is 1. The molecule has 0 aliphatic heterocycles. The summed E-state index contributed by atoms with van der Waals surface area (Å²) in [7, 11) is 0. The molecule has 0 bridgehead atoms. The Hall–Kier alpha value is -0.470. The molecule has 0 heterocycles. The van der Waals surface area contributed by atoms with Gasteiger partial charge in [0.1, 0.15) is 0 Å². The summed E-state index contributed by atoms with van der Waals surface area (Å²) < 4.78 is 0. The van der Waals surface area contributed by atoms with E-state index in [1.165, 1.54) is 5.56 Å². The second kappa shape index (κ2) is 6.19. The summed E-state index contributed by atoms with van der Waals surface area (Å²) in [6.07, 6.45) is 0.696. The van der Waals surface area contributed by atoms with Crippen LogP contribution in [0.1, 0.15) is 38.0 Å². The fraction of sp³-hybridized carbons (Fsp3) is 0.538. The van der Waals surface area contributed by atoms with Crippen molar-refractivity contribution >= 4 is 11.8 Å². The number of rotatable bonds is 5. The highest BCUT2D eigenvalue weighted by molar-refractivity contribution is 7.99. The largest absolute Gasteiger partial charge is 0.388 e. The molecular weight excluding hydrogens is 204 g/mol. The normalized spacial score (nSPS) is 13.1. The number of hydrogen-bond donors (Lipinski definition) is 1. The second-order valence-electron chi connectivity index (χ2n) is 4.00. The third kappa shape index (κ3) is 4.27. The Morgan fingerprint density at radius 3 is 2.67 bits per heavy atom. The summed E-state index contributed by atoms with van der Waals surface area (Å²) in [6, 6.07) is 8.24. The predicted octanol–water partition coefficient (Wildman–Crippen LogP) is 3.42. The lowest BCUT2D eigenvalue weighted by Crippen LogP contribution is -2.03. The molecule has 0 spiro atoms. The van der Waals surface area contributed by atoms with Crippen LogP contribution >= 0.6 is 11.8 Å². The Bertz CT molecular complexity index is 296. The molecule has 1 atom stereocenters. The Morgan fingerprint density at radius 2 is 2.07 bits per heavy atom. The van der Waals surface area contributed by atoms with Gasteiger partial charge in [-0.25, -0.2) is 0 Å². The van der Waals surface area contributed by atoms with Crippen molar-refractivity contribution in [3.8, 4) is 0 Å². The highest BCUT2D eigenvalue weighted by Crippen LogP contribution is 2.21. The molecule has 0 aromatic heterocycles. The molecule has 1 unspecified atom stereocenters. The van der Waals surface area contributed by atoms with Crippen LogP contribution in [0.15, 0.2) is 24.3 Å². The predicted molar refractivity (Wildman–Crippen MR) is 68.4 cm³/mol. The van der Waals surface area contributed by atoms with Gasteiger partial charge in [0.25, 0.3) is 0 Å². The Kier molecular flexibility index (Phi) is 5.20. The first-order valence-corrected chi connectivity index (χ1v) is 6.56. The van der Waals surface area contributed by atoms with Gasteiger partial charge in [-0.3, -0.25) is 0 Å². The maximum Gasteiger partial charge on any atom is 0.0880 e. The van der Waals surface area contributed by atoms with E-state index in [4.69, 9.17) is 0 Å². The minimum atomic E-state index is -0.330. The minimum absolute atomic E-state index is 0.330. The number of aryl methyl sites for hydroxylation is 1. The molecule has 1 nitrogen and oxygen atoms in total. The molecule has 0 amide bonds. The van der Waals surface area contributed by atoms with Gasteiger partial charge in [0.2, 0.25) is 0 Å². The summed E-state index contributed by atoms with van der Waals surface area (Å²) >= 11 is 1.80. The quantitative estimate of drug-likeness (QED) is 0.827. The van der Waals surface area contributed by atoms with E-state index < -0.39 is 0 Å². The standard InChI is InChI=1S/C13H20OS/c1-4-11-6-5-7-12(8-11)13(14)9-15-10(2)3/h5-8,10,13-14H,4,9H2,1-3H3. The molecule has 0 fully saturated rings. The smallest absolute Gasteiger partial charge is 0.0880 e. The average molecular weight is 224 g/mol. The molecule has 0 saturated carbocycles. The number of thioether (sulfide) groups is 1. The summed E-state index contributed by atoms with van der Waals surface area (Å²) in [5.74, 6) is 0.783. The van der Waals surface area contributed by atoms with Crippen LogP contribution in [0.3, 0.4) is 0 Å². The Labute approximate surface area is 96.9 Å². The van der Waals surface area contributed by atoms with Crippen LogP contribution < -0.4 is 0 Å². The van der Waals surface area contributed by atoms with Crippen molar-refractivity contribution < 1.29 is 5.11 Å². The van der Waals surface area contributed by atoms with Crippen molar-refractivity contribution in [3.05, 3.63) is 35.4 Å². The molecule has 84 valence electrons. The van der Waals surface area contributed by atoms with E-state index in [1.807, 2.05) is 12.1 Å². The van der Waals surface area contributed by atoms with Crippen LogP contribution in [-0.2, 0) is 6.42 Å². The van der Waals surface area contributed by atoms with E-state index in [1.54, 1.807) is 11.8 Å². The highest BCUT2D eigenvalue weighted by atomic mass is 32.2. The van der Waals surface area contributed by atoms with Gasteiger partial charge in [-0.15, -0.1) is 0 Å². The topological polar surface area (TPSA) is 20.2 Å². The molecule has 0 aliphatic rings. The zero-order valence-corrected chi connectivity index (χ0v) is 10.6. The molecule has 1 aromatic rings. The van der Waals surface area contributed by atoms with Crippen molar-refractivity contribution in [1.29, 1.82) is 0 Å². The van der Waals surface area contributed by atoms with Gasteiger partial charge in [-0.05, 0) is 22.8 Å². The van der Waals surface area contributed by atoms with Gasteiger partial charge in [-0.2, -0.15) is 11.8 Å². The van der Waals surface area contributed by atoms with E-state index in [0.29, 0.717) is 5.25 Å². The molecule has 15 heavy (non-hydrogen) atoms. The maximum absolute atomic E-state index is 9.97. The van der Waals surface area contributed by atoms with Gasteiger partial charge >= 0.3 is 0 Å². The SMILES string of the molecule is CCc1cccc(C(O)CSC(C)C)c1. The van der Waals surface area contributed by atoms with E-state index in [9.17, 15) is 5.11 Å². The fourth-order valence-corrected chi connectivity index (χ4v) is 2.16. The molecule has 0 saturated heterocycles. The number of hydrogen-bond acceptors (Lipinski definition) is 2.